The molecule has 0 unspecified atom stereocenters. The highest BCUT2D eigenvalue weighted by Crippen LogP contribution is 2.19. The van der Waals surface area contributed by atoms with Gasteiger partial charge in [0.15, 0.2) is 0 Å². The van der Waals surface area contributed by atoms with Gasteiger partial charge in [-0.15, -0.1) is 19.7 Å². The van der Waals surface area contributed by atoms with E-state index in [1.807, 2.05) is 6.92 Å². The Bertz CT molecular complexity index is 426. The molecule has 0 aliphatic carbocycles. The molecule has 0 saturated heterocycles. The number of nitrogens with zero attached hydrogens (tertiary/aromatic N) is 1. The van der Waals surface area contributed by atoms with Gasteiger partial charge in [0, 0.05) is 13.1 Å². The third-order valence-corrected chi connectivity index (χ3v) is 3.05. The zero-order chi connectivity index (χ0) is 17.4. The van der Waals surface area contributed by atoms with Crippen molar-refractivity contribution >= 4 is 0 Å². The monoisotopic (exact) mass is 299 g/mol. The number of aryl methyl sites for hydroxylation is 1. The van der Waals surface area contributed by atoms with Crippen molar-refractivity contribution in [3.63, 3.8) is 0 Å². The van der Waals surface area contributed by atoms with Crippen LogP contribution in [0.2, 0.25) is 0 Å². The van der Waals surface area contributed by atoms with Crippen molar-refractivity contribution in [3.8, 4) is 0 Å². The van der Waals surface area contributed by atoms with Crippen LogP contribution in [-0.2, 0) is 19.4 Å². The lowest BCUT2D eigenvalue weighted by atomic mass is 9.97. The summed E-state index contributed by atoms with van der Waals surface area (Å²) in [6, 6.07) is 6.93. The van der Waals surface area contributed by atoms with Crippen LogP contribution in [-0.4, -0.2) is 18.5 Å². The van der Waals surface area contributed by atoms with E-state index in [-0.39, 0.29) is 0 Å². The normalized spacial score (nSPS) is 11.8. The molecule has 0 radical (unpaired) electrons. The summed E-state index contributed by atoms with van der Waals surface area (Å²) in [5.41, 5.74) is 4.56. The molecule has 0 amide bonds. The van der Waals surface area contributed by atoms with E-state index < -0.39 is 0 Å². The van der Waals surface area contributed by atoms with Crippen LogP contribution in [0.4, 0.5) is 0 Å². The maximum absolute atomic E-state index is 3.36. The van der Waals surface area contributed by atoms with Gasteiger partial charge in [-0.3, -0.25) is 0 Å². The lowest BCUT2D eigenvalue weighted by Crippen LogP contribution is -2.26. The summed E-state index contributed by atoms with van der Waals surface area (Å²) < 4.78 is 0. The van der Waals surface area contributed by atoms with Crippen LogP contribution in [0.1, 0.15) is 30.5 Å². The fourth-order valence-corrected chi connectivity index (χ4v) is 1.97. The first-order valence-electron chi connectivity index (χ1n) is 7.72. The summed E-state index contributed by atoms with van der Waals surface area (Å²) in [6.45, 7) is 22.5. The van der Waals surface area contributed by atoms with E-state index in [4.69, 9.17) is 0 Å². The zero-order valence-corrected chi connectivity index (χ0v) is 14.8. The van der Waals surface area contributed by atoms with Gasteiger partial charge < -0.3 is 4.90 Å². The Morgan fingerprint density at radius 1 is 1.09 bits per heavy atom. The Morgan fingerprint density at radius 2 is 1.64 bits per heavy atom. The molecule has 1 aliphatic rings. The van der Waals surface area contributed by atoms with E-state index in [1.54, 1.807) is 23.8 Å². The molecule has 2 rings (SSSR count). The van der Waals surface area contributed by atoms with E-state index in [9.17, 15) is 0 Å². The van der Waals surface area contributed by atoms with Crippen molar-refractivity contribution in [2.45, 2.75) is 33.2 Å². The van der Waals surface area contributed by atoms with E-state index >= 15 is 0 Å². The third kappa shape index (κ3) is 9.95. The molecule has 122 valence electrons. The minimum atomic E-state index is 1.12. The molecule has 1 aliphatic heterocycles. The third-order valence-electron chi connectivity index (χ3n) is 3.05. The second-order valence-electron chi connectivity index (χ2n) is 4.82. The molecule has 0 saturated carbocycles. The average Bonchev–Trinajstić information content (AvgIpc) is 2.57. The van der Waals surface area contributed by atoms with Crippen LogP contribution in [0.15, 0.2) is 69.3 Å². The molecule has 0 fully saturated rings. The number of benzene rings is 1. The van der Waals surface area contributed by atoms with Gasteiger partial charge >= 0.3 is 0 Å². The Balaban J connectivity index is 0. The van der Waals surface area contributed by atoms with Crippen molar-refractivity contribution < 1.29 is 0 Å². The number of hydrogen-bond donors (Lipinski definition) is 0. The number of allylic oxidation sites excluding steroid dienone is 3. The van der Waals surface area contributed by atoms with Crippen LogP contribution in [0, 0.1) is 0 Å². The van der Waals surface area contributed by atoms with Gasteiger partial charge in [0.1, 0.15) is 0 Å². The molecule has 0 spiro atoms. The Hall–Kier alpha value is -1.86. The molecule has 1 aromatic rings. The van der Waals surface area contributed by atoms with E-state index in [2.05, 4.69) is 70.0 Å². The van der Waals surface area contributed by atoms with Gasteiger partial charge in [-0.05, 0) is 43.5 Å². The quantitative estimate of drug-likeness (QED) is 0.508. The predicted molar refractivity (Wildman–Crippen MR) is 103 cm³/mol. The van der Waals surface area contributed by atoms with Gasteiger partial charge in [-0.2, -0.15) is 0 Å². The Kier molecular flexibility index (Phi) is 15.8. The van der Waals surface area contributed by atoms with Crippen LogP contribution >= 0.6 is 0 Å². The first kappa shape index (κ1) is 22.4. The van der Waals surface area contributed by atoms with Crippen molar-refractivity contribution in [1.82, 2.24) is 4.90 Å². The summed E-state index contributed by atoms with van der Waals surface area (Å²) in [4.78, 5) is 2.38. The van der Waals surface area contributed by atoms with Crippen LogP contribution in [0.3, 0.4) is 0 Å². The van der Waals surface area contributed by atoms with Crippen LogP contribution < -0.4 is 0 Å². The van der Waals surface area contributed by atoms with Crippen molar-refractivity contribution in [3.05, 3.63) is 86.0 Å². The van der Waals surface area contributed by atoms with E-state index in [1.165, 1.54) is 24.1 Å². The Labute approximate surface area is 138 Å². The average molecular weight is 300 g/mol. The van der Waals surface area contributed by atoms with Gasteiger partial charge in [-0.25, -0.2) is 0 Å². The molecule has 1 aromatic carbocycles. The minimum Gasteiger partial charge on any atom is -0.302 e. The topological polar surface area (TPSA) is 3.24 Å². The van der Waals surface area contributed by atoms with Crippen LogP contribution in [0.5, 0.6) is 0 Å². The second kappa shape index (κ2) is 15.5. The van der Waals surface area contributed by atoms with Gasteiger partial charge in [0.2, 0.25) is 0 Å². The first-order chi connectivity index (χ1) is 10.6. The minimum absolute atomic E-state index is 1.12. The second-order valence-corrected chi connectivity index (χ2v) is 4.82. The van der Waals surface area contributed by atoms with Crippen molar-refractivity contribution in [2.75, 3.05) is 13.6 Å². The largest absolute Gasteiger partial charge is 0.302 e. The van der Waals surface area contributed by atoms with Gasteiger partial charge in [0.25, 0.3) is 0 Å². The fourth-order valence-electron chi connectivity index (χ4n) is 1.97. The highest BCUT2D eigenvalue weighted by molar-refractivity contribution is 5.33. The Morgan fingerprint density at radius 3 is 2.09 bits per heavy atom. The maximum atomic E-state index is 3.36. The molecule has 1 heteroatoms. The standard InChI is InChI=1S/C12H17N.C4H6.C3H6.C2H4/c1-3-10-4-5-12-9-13(2)7-6-11(12)8-10;1-3-4-2;1-3-2;1-2/h4-5,8H,3,6-7,9H2,1-2H3;3-4H,1-2H2;3H,1H2,2H3;1-2H2. The lowest BCUT2D eigenvalue weighted by Gasteiger charge is -2.25. The number of hydrogen-bond acceptors (Lipinski definition) is 1. The lowest BCUT2D eigenvalue weighted by molar-refractivity contribution is 0.313. The van der Waals surface area contributed by atoms with Crippen LogP contribution in [0.25, 0.3) is 0 Å². The highest BCUT2D eigenvalue weighted by Gasteiger charge is 2.12. The maximum Gasteiger partial charge on any atom is 0.0233 e. The molecule has 0 N–H and O–H groups in total. The fraction of sp³-hybridized carbons (Fsp3) is 0.333. The molecule has 0 atom stereocenters. The molecular formula is C21H33N. The SMILES string of the molecule is C=C.C=CC.C=CC=C.CCc1ccc2c(c1)CCN(C)C2. The molecular weight excluding hydrogens is 266 g/mol. The smallest absolute Gasteiger partial charge is 0.0233 e. The molecule has 1 nitrogen and oxygen atoms in total. The molecule has 1 heterocycles. The summed E-state index contributed by atoms with van der Waals surface area (Å²) >= 11 is 0. The molecule has 22 heavy (non-hydrogen) atoms. The zero-order valence-electron chi connectivity index (χ0n) is 14.8. The number of rotatable bonds is 2. The van der Waals surface area contributed by atoms with Crippen molar-refractivity contribution in [1.29, 1.82) is 0 Å². The van der Waals surface area contributed by atoms with Gasteiger partial charge in [0.05, 0.1) is 0 Å². The van der Waals surface area contributed by atoms with E-state index in [0.717, 1.165) is 13.0 Å². The van der Waals surface area contributed by atoms with Crippen molar-refractivity contribution in [2.24, 2.45) is 0 Å². The summed E-state index contributed by atoms with van der Waals surface area (Å²) in [6.07, 6.45) is 7.41. The van der Waals surface area contributed by atoms with Gasteiger partial charge in [-0.1, -0.05) is 56.5 Å². The van der Waals surface area contributed by atoms with E-state index in [0.29, 0.717) is 0 Å². The summed E-state index contributed by atoms with van der Waals surface area (Å²) in [7, 11) is 2.19. The number of likely N-dealkylation sites (N-methyl/N-ethyl adjacent to an activating group) is 1. The summed E-state index contributed by atoms with van der Waals surface area (Å²) in [5, 5.41) is 0. The number of fused-ring (bicyclic) bond motifs is 1. The predicted octanol–water partition coefficient (Wildman–Crippen LogP) is 5.59. The summed E-state index contributed by atoms with van der Waals surface area (Å²) in [5.74, 6) is 0. The molecule has 0 aromatic heterocycles. The highest BCUT2D eigenvalue weighted by atomic mass is 15.1. The first-order valence-corrected chi connectivity index (χ1v) is 7.72. The molecule has 0 bridgehead atoms.